The van der Waals surface area contributed by atoms with E-state index in [1.807, 2.05) is 26.0 Å². The standard InChI is InChI=1S/C14H21N3O2/c1-4-12(18)17-13(10(2)3)14(19)16-9-11-6-5-7-15-8-11/h5-8,10,13H,4,9H2,1-3H3,(H,16,19)(H,17,18). The Kier molecular flexibility index (Phi) is 5.99. The summed E-state index contributed by atoms with van der Waals surface area (Å²) in [5.41, 5.74) is 0.931. The second kappa shape index (κ2) is 7.51. The van der Waals surface area contributed by atoms with Gasteiger partial charge in [0.05, 0.1) is 0 Å². The van der Waals surface area contributed by atoms with Crippen LogP contribution in [0.3, 0.4) is 0 Å². The maximum absolute atomic E-state index is 12.1. The molecule has 1 aromatic heterocycles. The van der Waals surface area contributed by atoms with Crippen molar-refractivity contribution in [1.82, 2.24) is 15.6 Å². The summed E-state index contributed by atoms with van der Waals surface area (Å²) < 4.78 is 0. The van der Waals surface area contributed by atoms with Crippen LogP contribution in [0.1, 0.15) is 32.8 Å². The van der Waals surface area contributed by atoms with Gasteiger partial charge < -0.3 is 10.6 Å². The molecule has 5 nitrogen and oxygen atoms in total. The van der Waals surface area contributed by atoms with Crippen LogP contribution in [0.5, 0.6) is 0 Å². The van der Waals surface area contributed by atoms with E-state index in [1.54, 1.807) is 19.3 Å². The molecule has 1 rings (SSSR count). The first kappa shape index (κ1) is 15.1. The van der Waals surface area contributed by atoms with Crippen molar-refractivity contribution >= 4 is 11.8 Å². The quantitative estimate of drug-likeness (QED) is 0.811. The van der Waals surface area contributed by atoms with E-state index in [9.17, 15) is 9.59 Å². The van der Waals surface area contributed by atoms with Crippen LogP contribution < -0.4 is 10.6 Å². The Morgan fingerprint density at radius 2 is 2.11 bits per heavy atom. The van der Waals surface area contributed by atoms with Crippen LogP contribution >= 0.6 is 0 Å². The number of rotatable bonds is 6. The lowest BCUT2D eigenvalue weighted by atomic mass is 10.0. The van der Waals surface area contributed by atoms with E-state index in [0.29, 0.717) is 13.0 Å². The Bertz CT molecular complexity index is 418. The van der Waals surface area contributed by atoms with E-state index in [1.165, 1.54) is 0 Å². The highest BCUT2D eigenvalue weighted by molar-refractivity contribution is 5.87. The summed E-state index contributed by atoms with van der Waals surface area (Å²) >= 11 is 0. The zero-order chi connectivity index (χ0) is 14.3. The molecule has 19 heavy (non-hydrogen) atoms. The molecule has 1 atom stereocenters. The van der Waals surface area contributed by atoms with Gasteiger partial charge in [0.25, 0.3) is 0 Å². The first-order chi connectivity index (χ1) is 9.04. The van der Waals surface area contributed by atoms with Gasteiger partial charge in [0.15, 0.2) is 0 Å². The molecule has 2 N–H and O–H groups in total. The van der Waals surface area contributed by atoms with Crippen LogP contribution in [0.4, 0.5) is 0 Å². The minimum atomic E-state index is -0.496. The number of amides is 2. The summed E-state index contributed by atoms with van der Waals surface area (Å²) in [6.07, 6.45) is 3.76. The van der Waals surface area contributed by atoms with E-state index in [-0.39, 0.29) is 17.7 Å². The first-order valence-electron chi connectivity index (χ1n) is 6.50. The molecular weight excluding hydrogens is 242 g/mol. The average Bonchev–Trinajstić information content (AvgIpc) is 2.42. The number of carbonyl (C=O) groups excluding carboxylic acids is 2. The smallest absolute Gasteiger partial charge is 0.243 e. The van der Waals surface area contributed by atoms with Gasteiger partial charge in [0.2, 0.25) is 11.8 Å². The fourth-order valence-electron chi connectivity index (χ4n) is 1.61. The lowest BCUT2D eigenvalue weighted by Gasteiger charge is -2.21. The molecular formula is C14H21N3O2. The normalized spacial score (nSPS) is 12.0. The minimum absolute atomic E-state index is 0.0457. The number of carbonyl (C=O) groups is 2. The second-order valence-electron chi connectivity index (χ2n) is 4.72. The number of hydrogen-bond acceptors (Lipinski definition) is 3. The van der Waals surface area contributed by atoms with E-state index in [4.69, 9.17) is 0 Å². The molecule has 2 amide bonds. The van der Waals surface area contributed by atoms with Crippen LogP contribution in [0.25, 0.3) is 0 Å². The Morgan fingerprint density at radius 1 is 1.37 bits per heavy atom. The number of nitrogens with one attached hydrogen (secondary N) is 2. The number of pyridine rings is 1. The topological polar surface area (TPSA) is 71.1 Å². The van der Waals surface area contributed by atoms with Gasteiger partial charge in [-0.25, -0.2) is 0 Å². The summed E-state index contributed by atoms with van der Waals surface area (Å²) in [6, 6.07) is 3.21. The molecule has 1 heterocycles. The van der Waals surface area contributed by atoms with Crippen molar-refractivity contribution in [2.45, 2.75) is 39.8 Å². The van der Waals surface area contributed by atoms with Crippen molar-refractivity contribution in [3.63, 3.8) is 0 Å². The van der Waals surface area contributed by atoms with Gasteiger partial charge in [0, 0.05) is 25.4 Å². The van der Waals surface area contributed by atoms with Gasteiger partial charge in [-0.15, -0.1) is 0 Å². The maximum Gasteiger partial charge on any atom is 0.243 e. The van der Waals surface area contributed by atoms with Gasteiger partial charge in [-0.3, -0.25) is 14.6 Å². The minimum Gasteiger partial charge on any atom is -0.350 e. The van der Waals surface area contributed by atoms with Crippen molar-refractivity contribution in [3.05, 3.63) is 30.1 Å². The van der Waals surface area contributed by atoms with Crippen molar-refractivity contribution in [1.29, 1.82) is 0 Å². The van der Waals surface area contributed by atoms with Crippen LogP contribution in [0, 0.1) is 5.92 Å². The Morgan fingerprint density at radius 3 is 2.63 bits per heavy atom. The van der Waals surface area contributed by atoms with Crippen LogP contribution in [-0.2, 0) is 16.1 Å². The summed E-state index contributed by atoms with van der Waals surface area (Å²) in [7, 11) is 0. The van der Waals surface area contributed by atoms with Crippen molar-refractivity contribution in [2.24, 2.45) is 5.92 Å². The largest absolute Gasteiger partial charge is 0.350 e. The fourth-order valence-corrected chi connectivity index (χ4v) is 1.61. The lowest BCUT2D eigenvalue weighted by molar-refractivity contribution is -0.130. The SMILES string of the molecule is CCC(=O)NC(C(=O)NCc1cccnc1)C(C)C. The number of hydrogen-bond donors (Lipinski definition) is 2. The Balaban J connectivity index is 2.55. The van der Waals surface area contributed by atoms with Crippen LogP contribution in [0.2, 0.25) is 0 Å². The molecule has 5 heteroatoms. The van der Waals surface area contributed by atoms with Gasteiger partial charge >= 0.3 is 0 Å². The van der Waals surface area contributed by atoms with E-state index >= 15 is 0 Å². The molecule has 104 valence electrons. The summed E-state index contributed by atoms with van der Waals surface area (Å²) in [5.74, 6) is -0.236. The third-order valence-corrected chi connectivity index (χ3v) is 2.78. The van der Waals surface area contributed by atoms with Gasteiger partial charge in [-0.05, 0) is 17.5 Å². The molecule has 0 saturated carbocycles. The molecule has 1 aromatic rings. The molecule has 0 spiro atoms. The lowest BCUT2D eigenvalue weighted by Crippen LogP contribution is -2.49. The third-order valence-electron chi connectivity index (χ3n) is 2.78. The van der Waals surface area contributed by atoms with E-state index in [0.717, 1.165) is 5.56 Å². The molecule has 0 bridgehead atoms. The third kappa shape index (κ3) is 5.07. The fraction of sp³-hybridized carbons (Fsp3) is 0.500. The predicted molar refractivity (Wildman–Crippen MR) is 73.1 cm³/mol. The predicted octanol–water partition coefficient (Wildman–Crippen LogP) is 1.25. The van der Waals surface area contributed by atoms with Crippen LogP contribution in [-0.4, -0.2) is 22.8 Å². The zero-order valence-electron chi connectivity index (χ0n) is 11.6. The van der Waals surface area contributed by atoms with Crippen LogP contribution in [0.15, 0.2) is 24.5 Å². The molecule has 0 radical (unpaired) electrons. The van der Waals surface area contributed by atoms with Gasteiger partial charge in [0.1, 0.15) is 6.04 Å². The summed E-state index contributed by atoms with van der Waals surface area (Å²) in [4.78, 5) is 27.5. The molecule has 0 saturated heterocycles. The van der Waals surface area contributed by atoms with Crippen molar-refractivity contribution in [3.8, 4) is 0 Å². The Labute approximate surface area is 113 Å². The molecule has 0 aliphatic carbocycles. The Hall–Kier alpha value is -1.91. The van der Waals surface area contributed by atoms with E-state index < -0.39 is 6.04 Å². The van der Waals surface area contributed by atoms with Crippen molar-refractivity contribution in [2.75, 3.05) is 0 Å². The summed E-state index contributed by atoms with van der Waals surface area (Å²) in [6.45, 7) is 5.99. The molecule has 1 unspecified atom stereocenters. The first-order valence-corrected chi connectivity index (χ1v) is 6.50. The second-order valence-corrected chi connectivity index (χ2v) is 4.72. The van der Waals surface area contributed by atoms with Gasteiger partial charge in [-0.1, -0.05) is 26.8 Å². The molecule has 0 aliphatic heterocycles. The molecule has 0 aliphatic rings. The monoisotopic (exact) mass is 263 g/mol. The summed E-state index contributed by atoms with van der Waals surface area (Å²) in [5, 5.41) is 5.55. The zero-order valence-corrected chi connectivity index (χ0v) is 11.6. The number of nitrogens with zero attached hydrogens (tertiary/aromatic N) is 1. The van der Waals surface area contributed by atoms with Gasteiger partial charge in [-0.2, -0.15) is 0 Å². The maximum atomic E-state index is 12.1. The average molecular weight is 263 g/mol. The van der Waals surface area contributed by atoms with Crippen molar-refractivity contribution < 1.29 is 9.59 Å². The number of aromatic nitrogens is 1. The van der Waals surface area contributed by atoms with E-state index in [2.05, 4.69) is 15.6 Å². The highest BCUT2D eigenvalue weighted by atomic mass is 16.2. The highest BCUT2D eigenvalue weighted by Gasteiger charge is 2.23. The highest BCUT2D eigenvalue weighted by Crippen LogP contribution is 2.03. The molecule has 0 aromatic carbocycles. The molecule has 0 fully saturated rings.